The van der Waals surface area contributed by atoms with E-state index in [9.17, 15) is 0 Å². The Balaban J connectivity index is 2.36. The van der Waals surface area contributed by atoms with E-state index in [0.29, 0.717) is 6.61 Å². The standard InChI is InChI=1S/C11H11ClO/c1-2-3-4-9-13-11-7-5-10(12)6-8-11/h5-8H,4,9H2,1H3. The van der Waals surface area contributed by atoms with Crippen molar-refractivity contribution >= 4 is 11.6 Å². The zero-order valence-corrected chi connectivity index (χ0v) is 8.27. The maximum atomic E-state index is 5.72. The van der Waals surface area contributed by atoms with Crippen LogP contribution >= 0.6 is 11.6 Å². The molecular formula is C11H11ClO. The molecule has 1 nitrogen and oxygen atoms in total. The number of rotatable bonds is 3. The molecule has 0 radical (unpaired) electrons. The number of hydrogen-bond donors (Lipinski definition) is 0. The Bertz CT molecular complexity index is 305. The molecule has 0 saturated carbocycles. The van der Waals surface area contributed by atoms with Gasteiger partial charge in [0, 0.05) is 11.4 Å². The van der Waals surface area contributed by atoms with Gasteiger partial charge in [0.05, 0.1) is 6.61 Å². The zero-order chi connectivity index (χ0) is 9.52. The molecule has 0 N–H and O–H groups in total. The van der Waals surface area contributed by atoms with E-state index in [-0.39, 0.29) is 0 Å². The predicted molar refractivity (Wildman–Crippen MR) is 55.0 cm³/mol. The highest BCUT2D eigenvalue weighted by Crippen LogP contribution is 2.15. The highest BCUT2D eigenvalue weighted by molar-refractivity contribution is 6.30. The molecule has 0 bridgehead atoms. The summed E-state index contributed by atoms with van der Waals surface area (Å²) < 4.78 is 5.40. The van der Waals surface area contributed by atoms with Gasteiger partial charge >= 0.3 is 0 Å². The minimum atomic E-state index is 0.627. The Kier molecular flexibility index (Phi) is 4.21. The van der Waals surface area contributed by atoms with E-state index < -0.39 is 0 Å². The summed E-state index contributed by atoms with van der Waals surface area (Å²) in [5, 5.41) is 0.723. The molecule has 0 aliphatic carbocycles. The summed E-state index contributed by atoms with van der Waals surface area (Å²) in [4.78, 5) is 0. The SMILES string of the molecule is CC#CCCOc1ccc(Cl)cc1. The van der Waals surface area contributed by atoms with Gasteiger partial charge in [-0.1, -0.05) is 11.6 Å². The molecule has 1 aromatic carbocycles. The summed E-state index contributed by atoms with van der Waals surface area (Å²) in [7, 11) is 0. The monoisotopic (exact) mass is 194 g/mol. The van der Waals surface area contributed by atoms with Crippen molar-refractivity contribution < 1.29 is 4.74 Å². The zero-order valence-electron chi connectivity index (χ0n) is 7.51. The van der Waals surface area contributed by atoms with E-state index in [4.69, 9.17) is 16.3 Å². The van der Waals surface area contributed by atoms with E-state index in [1.807, 2.05) is 31.2 Å². The normalized spacial score (nSPS) is 8.77. The lowest BCUT2D eigenvalue weighted by atomic mass is 10.3. The van der Waals surface area contributed by atoms with Crippen LogP contribution in [0.3, 0.4) is 0 Å². The summed E-state index contributed by atoms with van der Waals surface area (Å²) >= 11 is 5.72. The predicted octanol–water partition coefficient (Wildman–Crippen LogP) is 3.13. The molecule has 0 heterocycles. The molecule has 0 spiro atoms. The minimum absolute atomic E-state index is 0.627. The van der Waals surface area contributed by atoms with Crippen LogP contribution in [0.25, 0.3) is 0 Å². The summed E-state index contributed by atoms with van der Waals surface area (Å²) in [6.07, 6.45) is 0.763. The van der Waals surface area contributed by atoms with Gasteiger partial charge in [-0.25, -0.2) is 0 Å². The fourth-order valence-corrected chi connectivity index (χ4v) is 1.00. The molecule has 0 aliphatic rings. The van der Waals surface area contributed by atoms with Gasteiger partial charge in [-0.15, -0.1) is 11.8 Å². The van der Waals surface area contributed by atoms with Gasteiger partial charge in [0.2, 0.25) is 0 Å². The summed E-state index contributed by atoms with van der Waals surface area (Å²) in [6.45, 7) is 2.45. The highest BCUT2D eigenvalue weighted by Gasteiger charge is 1.91. The smallest absolute Gasteiger partial charge is 0.119 e. The van der Waals surface area contributed by atoms with Crippen LogP contribution < -0.4 is 4.74 Å². The van der Waals surface area contributed by atoms with Crippen LogP contribution in [0, 0.1) is 11.8 Å². The Labute approximate surface area is 83.7 Å². The van der Waals surface area contributed by atoms with Crippen LogP contribution in [-0.2, 0) is 0 Å². The van der Waals surface area contributed by atoms with Crippen molar-refractivity contribution in [2.24, 2.45) is 0 Å². The molecule has 13 heavy (non-hydrogen) atoms. The lowest BCUT2D eigenvalue weighted by molar-refractivity contribution is 0.327. The lowest BCUT2D eigenvalue weighted by Gasteiger charge is -2.02. The van der Waals surface area contributed by atoms with Crippen molar-refractivity contribution in [3.05, 3.63) is 29.3 Å². The molecule has 0 saturated heterocycles. The van der Waals surface area contributed by atoms with Crippen LogP contribution in [0.5, 0.6) is 5.75 Å². The van der Waals surface area contributed by atoms with Crippen LogP contribution in [0.2, 0.25) is 5.02 Å². The molecular weight excluding hydrogens is 184 g/mol. The quantitative estimate of drug-likeness (QED) is 0.531. The Morgan fingerprint density at radius 3 is 2.62 bits per heavy atom. The van der Waals surface area contributed by atoms with Gasteiger partial charge in [0.15, 0.2) is 0 Å². The minimum Gasteiger partial charge on any atom is -0.493 e. The largest absolute Gasteiger partial charge is 0.493 e. The molecule has 0 atom stereocenters. The first-order chi connectivity index (χ1) is 6.33. The van der Waals surface area contributed by atoms with Crippen LogP contribution in [-0.4, -0.2) is 6.61 Å². The van der Waals surface area contributed by atoms with E-state index in [2.05, 4.69) is 11.8 Å². The molecule has 68 valence electrons. The van der Waals surface area contributed by atoms with E-state index >= 15 is 0 Å². The Morgan fingerprint density at radius 2 is 2.00 bits per heavy atom. The fourth-order valence-electron chi connectivity index (χ4n) is 0.876. The first kappa shape index (κ1) is 9.95. The number of halogens is 1. The third kappa shape index (κ3) is 3.87. The van der Waals surface area contributed by atoms with Gasteiger partial charge < -0.3 is 4.74 Å². The molecule has 0 aromatic heterocycles. The van der Waals surface area contributed by atoms with Gasteiger partial charge in [-0.2, -0.15) is 0 Å². The second-order valence-electron chi connectivity index (χ2n) is 2.48. The summed E-state index contributed by atoms with van der Waals surface area (Å²) in [6, 6.07) is 7.31. The molecule has 0 fully saturated rings. The maximum absolute atomic E-state index is 5.72. The number of ether oxygens (including phenoxy) is 1. The Hall–Kier alpha value is -1.13. The molecule has 1 rings (SSSR count). The average Bonchev–Trinajstić information content (AvgIpc) is 2.15. The van der Waals surface area contributed by atoms with Crippen molar-refractivity contribution in [2.45, 2.75) is 13.3 Å². The second kappa shape index (κ2) is 5.50. The van der Waals surface area contributed by atoms with E-state index in [0.717, 1.165) is 17.2 Å². The van der Waals surface area contributed by atoms with Crippen LogP contribution in [0.15, 0.2) is 24.3 Å². The van der Waals surface area contributed by atoms with Crippen molar-refractivity contribution in [3.8, 4) is 17.6 Å². The fraction of sp³-hybridized carbons (Fsp3) is 0.273. The lowest BCUT2D eigenvalue weighted by Crippen LogP contribution is -1.95. The molecule has 1 aromatic rings. The van der Waals surface area contributed by atoms with Gasteiger partial charge in [-0.3, -0.25) is 0 Å². The average molecular weight is 195 g/mol. The van der Waals surface area contributed by atoms with Crippen LogP contribution in [0.1, 0.15) is 13.3 Å². The van der Waals surface area contributed by atoms with Crippen LogP contribution in [0.4, 0.5) is 0 Å². The maximum Gasteiger partial charge on any atom is 0.119 e. The molecule has 0 aliphatic heterocycles. The second-order valence-corrected chi connectivity index (χ2v) is 2.92. The van der Waals surface area contributed by atoms with E-state index in [1.165, 1.54) is 0 Å². The van der Waals surface area contributed by atoms with Crippen molar-refractivity contribution in [2.75, 3.05) is 6.61 Å². The third-order valence-electron chi connectivity index (χ3n) is 1.49. The van der Waals surface area contributed by atoms with Crippen molar-refractivity contribution in [3.63, 3.8) is 0 Å². The first-order valence-corrected chi connectivity index (χ1v) is 4.48. The van der Waals surface area contributed by atoms with Crippen molar-refractivity contribution in [1.82, 2.24) is 0 Å². The molecule has 0 unspecified atom stereocenters. The summed E-state index contributed by atoms with van der Waals surface area (Å²) in [5.74, 6) is 6.58. The first-order valence-electron chi connectivity index (χ1n) is 4.11. The highest BCUT2D eigenvalue weighted by atomic mass is 35.5. The third-order valence-corrected chi connectivity index (χ3v) is 1.74. The molecule has 2 heteroatoms. The summed E-state index contributed by atoms with van der Waals surface area (Å²) in [5.41, 5.74) is 0. The van der Waals surface area contributed by atoms with Gasteiger partial charge in [-0.05, 0) is 31.2 Å². The van der Waals surface area contributed by atoms with Gasteiger partial charge in [0.1, 0.15) is 5.75 Å². The Morgan fingerprint density at radius 1 is 1.31 bits per heavy atom. The topological polar surface area (TPSA) is 9.23 Å². The molecule has 0 amide bonds. The van der Waals surface area contributed by atoms with Crippen molar-refractivity contribution in [1.29, 1.82) is 0 Å². The van der Waals surface area contributed by atoms with Gasteiger partial charge in [0.25, 0.3) is 0 Å². The number of hydrogen-bond acceptors (Lipinski definition) is 1. The van der Waals surface area contributed by atoms with E-state index in [1.54, 1.807) is 0 Å². The number of benzene rings is 1.